The number of nitriles is 1. The fourth-order valence-corrected chi connectivity index (χ4v) is 1.96. The number of pyridine rings is 1. The molecule has 0 radical (unpaired) electrons. The summed E-state index contributed by atoms with van der Waals surface area (Å²) >= 11 is 1.63. The number of nitrogens with zero attached hydrogens (tertiary/aromatic N) is 2. The molecule has 1 N–H and O–H groups in total. The highest BCUT2D eigenvalue weighted by Gasteiger charge is 2.05. The van der Waals surface area contributed by atoms with Crippen LogP contribution in [0.4, 0.5) is 5.82 Å². The molecule has 74 valence electrons. The van der Waals surface area contributed by atoms with Gasteiger partial charge < -0.3 is 5.32 Å². The van der Waals surface area contributed by atoms with E-state index in [-0.39, 0.29) is 0 Å². The Morgan fingerprint density at radius 3 is 2.87 bits per heavy atom. The van der Waals surface area contributed by atoms with E-state index in [1.807, 2.05) is 22.9 Å². The van der Waals surface area contributed by atoms with Crippen molar-refractivity contribution in [2.24, 2.45) is 0 Å². The van der Waals surface area contributed by atoms with Crippen molar-refractivity contribution in [2.45, 2.75) is 0 Å². The third-order valence-electron chi connectivity index (χ3n) is 2.07. The highest BCUT2D eigenvalue weighted by molar-refractivity contribution is 7.08. The van der Waals surface area contributed by atoms with E-state index in [1.165, 1.54) is 0 Å². The van der Waals surface area contributed by atoms with E-state index in [0.29, 0.717) is 11.4 Å². The third-order valence-corrected chi connectivity index (χ3v) is 2.75. The molecule has 0 amide bonds. The summed E-state index contributed by atoms with van der Waals surface area (Å²) in [5.74, 6) is 0.626. The zero-order chi connectivity index (χ0) is 10.7. The van der Waals surface area contributed by atoms with E-state index in [0.717, 1.165) is 11.3 Å². The zero-order valence-electron chi connectivity index (χ0n) is 8.19. The van der Waals surface area contributed by atoms with Gasteiger partial charge in [0, 0.05) is 18.0 Å². The molecule has 0 saturated heterocycles. The van der Waals surface area contributed by atoms with Crippen LogP contribution in [0, 0.1) is 11.3 Å². The smallest absolute Gasteiger partial charge is 0.144 e. The Morgan fingerprint density at radius 1 is 1.40 bits per heavy atom. The Hall–Kier alpha value is -1.86. The lowest BCUT2D eigenvalue weighted by molar-refractivity contribution is 1.27. The monoisotopic (exact) mass is 215 g/mol. The third kappa shape index (κ3) is 1.83. The Bertz CT molecular complexity index is 497. The minimum Gasteiger partial charge on any atom is -0.372 e. The van der Waals surface area contributed by atoms with Crippen molar-refractivity contribution < 1.29 is 0 Å². The Morgan fingerprint density at radius 2 is 2.27 bits per heavy atom. The molecule has 2 aromatic heterocycles. The van der Waals surface area contributed by atoms with E-state index in [4.69, 9.17) is 5.26 Å². The molecule has 0 aliphatic heterocycles. The van der Waals surface area contributed by atoms with Gasteiger partial charge in [0.1, 0.15) is 11.9 Å². The van der Waals surface area contributed by atoms with Gasteiger partial charge in [-0.15, -0.1) is 0 Å². The molecule has 3 nitrogen and oxygen atoms in total. The van der Waals surface area contributed by atoms with Crippen molar-refractivity contribution in [3.63, 3.8) is 0 Å². The van der Waals surface area contributed by atoms with Crippen molar-refractivity contribution in [1.29, 1.82) is 5.26 Å². The van der Waals surface area contributed by atoms with Crippen LogP contribution in [-0.4, -0.2) is 12.0 Å². The summed E-state index contributed by atoms with van der Waals surface area (Å²) in [4.78, 5) is 4.38. The highest BCUT2D eigenvalue weighted by atomic mass is 32.1. The average molecular weight is 215 g/mol. The molecule has 2 rings (SSSR count). The SMILES string of the molecule is CNc1nc(-c2ccsc2)ccc1C#N. The molecule has 0 aliphatic rings. The van der Waals surface area contributed by atoms with Gasteiger partial charge in [-0.2, -0.15) is 16.6 Å². The lowest BCUT2D eigenvalue weighted by Gasteiger charge is -2.04. The second-order valence-electron chi connectivity index (χ2n) is 2.97. The molecule has 0 atom stereocenters. The second kappa shape index (κ2) is 4.11. The number of aromatic nitrogens is 1. The van der Waals surface area contributed by atoms with Crippen molar-refractivity contribution in [3.05, 3.63) is 34.5 Å². The maximum atomic E-state index is 8.84. The maximum absolute atomic E-state index is 8.84. The first kappa shape index (κ1) is 9.69. The Balaban J connectivity index is 2.49. The molecule has 0 spiro atoms. The summed E-state index contributed by atoms with van der Waals surface area (Å²) in [5.41, 5.74) is 2.54. The van der Waals surface area contributed by atoms with Gasteiger partial charge in [0.2, 0.25) is 0 Å². The summed E-state index contributed by atoms with van der Waals surface area (Å²) in [6.07, 6.45) is 0. The van der Waals surface area contributed by atoms with Crippen LogP contribution in [0.5, 0.6) is 0 Å². The van der Waals surface area contributed by atoms with Gasteiger partial charge in [0.05, 0.1) is 11.3 Å². The Kier molecular flexibility index (Phi) is 2.66. The Labute approximate surface area is 92.0 Å². The van der Waals surface area contributed by atoms with Gasteiger partial charge in [-0.05, 0) is 23.6 Å². The van der Waals surface area contributed by atoms with Crippen LogP contribution < -0.4 is 5.32 Å². The average Bonchev–Trinajstić information content (AvgIpc) is 2.81. The van der Waals surface area contributed by atoms with Gasteiger partial charge in [0.15, 0.2) is 0 Å². The quantitative estimate of drug-likeness (QED) is 0.838. The van der Waals surface area contributed by atoms with Crippen LogP contribution in [0.3, 0.4) is 0 Å². The number of hydrogen-bond donors (Lipinski definition) is 1. The van der Waals surface area contributed by atoms with Crippen LogP contribution in [0.15, 0.2) is 29.0 Å². The van der Waals surface area contributed by atoms with Crippen molar-refractivity contribution in [2.75, 3.05) is 12.4 Å². The first-order valence-electron chi connectivity index (χ1n) is 4.46. The maximum Gasteiger partial charge on any atom is 0.144 e. The molecule has 0 aliphatic carbocycles. The number of anilines is 1. The van der Waals surface area contributed by atoms with E-state index in [9.17, 15) is 0 Å². The van der Waals surface area contributed by atoms with Gasteiger partial charge >= 0.3 is 0 Å². The largest absolute Gasteiger partial charge is 0.372 e. The number of thiophene rings is 1. The van der Waals surface area contributed by atoms with Crippen molar-refractivity contribution >= 4 is 17.2 Å². The van der Waals surface area contributed by atoms with Gasteiger partial charge in [-0.3, -0.25) is 0 Å². The van der Waals surface area contributed by atoms with Crippen LogP contribution in [0.2, 0.25) is 0 Å². The van der Waals surface area contributed by atoms with E-state index in [1.54, 1.807) is 24.5 Å². The molecule has 2 heterocycles. The fraction of sp³-hybridized carbons (Fsp3) is 0.0909. The summed E-state index contributed by atoms with van der Waals surface area (Å²) < 4.78 is 0. The topological polar surface area (TPSA) is 48.7 Å². The van der Waals surface area contributed by atoms with Crippen LogP contribution in [0.1, 0.15) is 5.56 Å². The molecule has 2 aromatic rings. The first-order valence-corrected chi connectivity index (χ1v) is 5.41. The second-order valence-corrected chi connectivity index (χ2v) is 3.75. The van der Waals surface area contributed by atoms with E-state index >= 15 is 0 Å². The standard InChI is InChI=1S/C11H9N3S/c1-13-11-8(6-12)2-3-10(14-11)9-4-5-15-7-9/h2-5,7H,1H3,(H,13,14). The predicted molar refractivity (Wildman–Crippen MR) is 61.8 cm³/mol. The van der Waals surface area contributed by atoms with Crippen molar-refractivity contribution in [1.82, 2.24) is 4.98 Å². The minimum atomic E-state index is 0.566. The zero-order valence-corrected chi connectivity index (χ0v) is 9.01. The number of rotatable bonds is 2. The molecule has 0 saturated carbocycles. The highest BCUT2D eigenvalue weighted by Crippen LogP contribution is 2.23. The molecule has 0 bridgehead atoms. The van der Waals surface area contributed by atoms with Crippen LogP contribution in [0.25, 0.3) is 11.3 Å². The van der Waals surface area contributed by atoms with Gasteiger partial charge in [-0.1, -0.05) is 0 Å². The molecule has 15 heavy (non-hydrogen) atoms. The normalized spacial score (nSPS) is 9.60. The molecular weight excluding hydrogens is 206 g/mol. The molecule has 0 aromatic carbocycles. The minimum absolute atomic E-state index is 0.566. The number of hydrogen-bond acceptors (Lipinski definition) is 4. The fourth-order valence-electron chi connectivity index (χ4n) is 1.31. The summed E-state index contributed by atoms with van der Waals surface area (Å²) in [6.45, 7) is 0. The molecular formula is C11H9N3S. The van der Waals surface area contributed by atoms with Crippen LogP contribution in [-0.2, 0) is 0 Å². The molecule has 0 unspecified atom stereocenters. The van der Waals surface area contributed by atoms with E-state index < -0.39 is 0 Å². The van der Waals surface area contributed by atoms with Gasteiger partial charge in [0.25, 0.3) is 0 Å². The van der Waals surface area contributed by atoms with Gasteiger partial charge in [-0.25, -0.2) is 4.98 Å². The summed E-state index contributed by atoms with van der Waals surface area (Å²) in [6, 6.07) is 7.76. The predicted octanol–water partition coefficient (Wildman–Crippen LogP) is 2.72. The van der Waals surface area contributed by atoms with E-state index in [2.05, 4.69) is 16.4 Å². The lowest BCUT2D eigenvalue weighted by Crippen LogP contribution is -1.96. The van der Waals surface area contributed by atoms with Crippen LogP contribution >= 0.6 is 11.3 Å². The summed E-state index contributed by atoms with van der Waals surface area (Å²) in [5, 5.41) is 15.8. The van der Waals surface area contributed by atoms with Crippen molar-refractivity contribution in [3.8, 4) is 17.3 Å². The lowest BCUT2D eigenvalue weighted by atomic mass is 10.2. The molecule has 0 fully saturated rings. The first-order chi connectivity index (χ1) is 7.35. The molecule has 4 heteroatoms. The number of nitrogens with one attached hydrogen (secondary N) is 1. The summed E-state index contributed by atoms with van der Waals surface area (Å²) in [7, 11) is 1.76.